The number of hydrogen-bond acceptors (Lipinski definition) is 4. The lowest BCUT2D eigenvalue weighted by Crippen LogP contribution is -2.45. The average Bonchev–Trinajstić information content (AvgIpc) is 3.00. The minimum Gasteiger partial charge on any atom is -0.486 e. The highest BCUT2D eigenvalue weighted by molar-refractivity contribution is 14.0. The molecule has 0 fully saturated rings. The number of fused-ring (bicyclic) bond motifs is 1. The molecular formula is C16H22IN5O2. The number of rotatable bonds is 4. The quantitative estimate of drug-likeness (QED) is 0.426. The Morgan fingerprint density at radius 3 is 2.79 bits per heavy atom. The minimum atomic E-state index is -0.0554. The lowest BCUT2D eigenvalue weighted by Gasteiger charge is -2.27. The molecule has 0 saturated carbocycles. The van der Waals surface area contributed by atoms with Crippen LogP contribution in [0.5, 0.6) is 11.5 Å². The van der Waals surface area contributed by atoms with Crippen molar-refractivity contribution in [2.24, 2.45) is 12.0 Å². The van der Waals surface area contributed by atoms with Gasteiger partial charge in [0.1, 0.15) is 12.7 Å². The molecule has 1 atom stereocenters. The first-order chi connectivity index (χ1) is 11.3. The monoisotopic (exact) mass is 443 g/mol. The molecule has 1 aromatic carbocycles. The zero-order valence-electron chi connectivity index (χ0n) is 13.7. The maximum absolute atomic E-state index is 5.91. The summed E-state index contributed by atoms with van der Waals surface area (Å²) in [5, 5.41) is 10.7. The van der Waals surface area contributed by atoms with E-state index in [2.05, 4.69) is 20.7 Å². The van der Waals surface area contributed by atoms with Gasteiger partial charge in [-0.1, -0.05) is 12.1 Å². The Bertz CT molecular complexity index is 689. The molecule has 8 heteroatoms. The average molecular weight is 443 g/mol. The van der Waals surface area contributed by atoms with Crippen LogP contribution in [0.25, 0.3) is 0 Å². The summed E-state index contributed by atoms with van der Waals surface area (Å²) in [5.74, 6) is 2.29. The molecule has 0 amide bonds. The first-order valence-corrected chi connectivity index (χ1v) is 7.56. The highest BCUT2D eigenvalue weighted by Crippen LogP contribution is 2.30. The van der Waals surface area contributed by atoms with Crippen molar-refractivity contribution in [2.45, 2.75) is 12.6 Å². The number of hydrogen-bond donors (Lipinski definition) is 2. The van der Waals surface area contributed by atoms with Crippen LogP contribution in [0, 0.1) is 0 Å². The molecule has 0 radical (unpaired) electrons. The molecule has 0 spiro atoms. The topological polar surface area (TPSA) is 72.7 Å². The van der Waals surface area contributed by atoms with Gasteiger partial charge >= 0.3 is 0 Å². The fraction of sp³-hybridized carbons (Fsp3) is 0.375. The van der Waals surface area contributed by atoms with Gasteiger partial charge in [-0.2, -0.15) is 5.10 Å². The second-order valence-corrected chi connectivity index (χ2v) is 5.25. The van der Waals surface area contributed by atoms with E-state index in [-0.39, 0.29) is 30.1 Å². The summed E-state index contributed by atoms with van der Waals surface area (Å²) in [6.45, 7) is 1.78. The predicted molar refractivity (Wildman–Crippen MR) is 103 cm³/mol. The normalized spacial score (nSPS) is 16.2. The van der Waals surface area contributed by atoms with Gasteiger partial charge in [-0.05, 0) is 18.2 Å². The lowest BCUT2D eigenvalue weighted by atomic mass is 10.2. The van der Waals surface area contributed by atoms with Crippen molar-refractivity contribution in [2.75, 3.05) is 20.2 Å². The Hall–Kier alpha value is -1.97. The zero-order chi connectivity index (χ0) is 16.1. The zero-order valence-corrected chi connectivity index (χ0v) is 16.1. The SMILES string of the molecule is CN=C(NCc1ccnn1C)NCC1COc2ccccc2O1.I. The third-order valence-electron chi connectivity index (χ3n) is 3.65. The summed E-state index contributed by atoms with van der Waals surface area (Å²) in [6.07, 6.45) is 1.72. The minimum absolute atomic E-state index is 0. The van der Waals surface area contributed by atoms with Gasteiger partial charge in [-0.15, -0.1) is 24.0 Å². The van der Waals surface area contributed by atoms with Crippen molar-refractivity contribution in [1.82, 2.24) is 20.4 Å². The fourth-order valence-electron chi connectivity index (χ4n) is 2.34. The molecule has 24 heavy (non-hydrogen) atoms. The van der Waals surface area contributed by atoms with Gasteiger partial charge in [-0.25, -0.2) is 0 Å². The third-order valence-corrected chi connectivity index (χ3v) is 3.65. The number of ether oxygens (including phenoxy) is 2. The van der Waals surface area contributed by atoms with Crippen molar-refractivity contribution in [1.29, 1.82) is 0 Å². The van der Waals surface area contributed by atoms with Crippen LogP contribution in [0.1, 0.15) is 5.69 Å². The van der Waals surface area contributed by atoms with E-state index in [0.29, 0.717) is 25.7 Å². The van der Waals surface area contributed by atoms with Crippen LogP contribution in [-0.2, 0) is 13.6 Å². The van der Waals surface area contributed by atoms with Crippen molar-refractivity contribution in [3.8, 4) is 11.5 Å². The Labute approximate surface area is 158 Å². The number of guanidine groups is 1. The van der Waals surface area contributed by atoms with Crippen molar-refractivity contribution >= 4 is 29.9 Å². The molecule has 1 aromatic heterocycles. The van der Waals surface area contributed by atoms with Crippen LogP contribution in [-0.4, -0.2) is 42.0 Å². The highest BCUT2D eigenvalue weighted by Gasteiger charge is 2.20. The van der Waals surface area contributed by atoms with E-state index < -0.39 is 0 Å². The summed E-state index contributed by atoms with van der Waals surface area (Å²) < 4.78 is 13.4. The summed E-state index contributed by atoms with van der Waals surface area (Å²) >= 11 is 0. The van der Waals surface area contributed by atoms with E-state index in [1.165, 1.54) is 0 Å². The molecule has 0 saturated heterocycles. The number of aromatic nitrogens is 2. The van der Waals surface area contributed by atoms with E-state index in [0.717, 1.165) is 17.2 Å². The smallest absolute Gasteiger partial charge is 0.191 e. The van der Waals surface area contributed by atoms with Gasteiger partial charge in [0.15, 0.2) is 17.5 Å². The standard InChI is InChI=1S/C16H21N5O2.HI/c1-17-16(18-9-12-7-8-20-21(12)2)19-10-13-11-22-14-5-3-4-6-15(14)23-13;/h3-8,13H,9-11H2,1-2H3,(H2,17,18,19);1H. The lowest BCUT2D eigenvalue weighted by molar-refractivity contribution is 0.0936. The van der Waals surface area contributed by atoms with Gasteiger partial charge in [0.05, 0.1) is 18.8 Å². The molecular weight excluding hydrogens is 421 g/mol. The molecule has 130 valence electrons. The van der Waals surface area contributed by atoms with Crippen LogP contribution >= 0.6 is 24.0 Å². The van der Waals surface area contributed by atoms with Crippen molar-refractivity contribution < 1.29 is 9.47 Å². The van der Waals surface area contributed by atoms with Crippen LogP contribution in [0.2, 0.25) is 0 Å². The van der Waals surface area contributed by atoms with E-state index in [9.17, 15) is 0 Å². The van der Waals surface area contributed by atoms with Crippen molar-refractivity contribution in [3.05, 3.63) is 42.2 Å². The second-order valence-electron chi connectivity index (χ2n) is 5.25. The fourth-order valence-corrected chi connectivity index (χ4v) is 2.34. The Balaban J connectivity index is 0.00000208. The van der Waals surface area contributed by atoms with Gasteiger partial charge in [0, 0.05) is 20.3 Å². The van der Waals surface area contributed by atoms with Crippen LogP contribution < -0.4 is 20.1 Å². The molecule has 0 bridgehead atoms. The van der Waals surface area contributed by atoms with E-state index >= 15 is 0 Å². The second kappa shape index (κ2) is 8.76. The highest BCUT2D eigenvalue weighted by atomic mass is 127. The molecule has 0 aliphatic carbocycles. The summed E-state index contributed by atoms with van der Waals surface area (Å²) in [6, 6.07) is 9.66. The maximum Gasteiger partial charge on any atom is 0.191 e. The molecule has 3 rings (SSSR count). The molecule has 1 unspecified atom stereocenters. The van der Waals surface area contributed by atoms with Crippen molar-refractivity contribution in [3.63, 3.8) is 0 Å². The van der Waals surface area contributed by atoms with E-state index in [1.807, 2.05) is 42.1 Å². The molecule has 2 N–H and O–H groups in total. The first-order valence-electron chi connectivity index (χ1n) is 7.56. The van der Waals surface area contributed by atoms with Gasteiger partial charge < -0.3 is 20.1 Å². The number of aliphatic imine (C=N–C) groups is 1. The number of nitrogens with zero attached hydrogens (tertiary/aromatic N) is 3. The van der Waals surface area contributed by atoms with E-state index in [4.69, 9.17) is 9.47 Å². The summed E-state index contributed by atoms with van der Waals surface area (Å²) in [7, 11) is 3.66. The van der Waals surface area contributed by atoms with Crippen LogP contribution in [0.3, 0.4) is 0 Å². The first kappa shape index (κ1) is 18.4. The molecule has 2 aromatic rings. The number of halogens is 1. The molecule has 1 aliphatic rings. The van der Waals surface area contributed by atoms with Crippen LogP contribution in [0.15, 0.2) is 41.5 Å². The Morgan fingerprint density at radius 1 is 1.29 bits per heavy atom. The number of para-hydroxylation sites is 2. The number of aryl methyl sites for hydroxylation is 1. The van der Waals surface area contributed by atoms with Gasteiger partial charge in [-0.3, -0.25) is 9.67 Å². The number of nitrogens with one attached hydrogen (secondary N) is 2. The summed E-state index contributed by atoms with van der Waals surface area (Å²) in [4.78, 5) is 4.21. The largest absolute Gasteiger partial charge is 0.486 e. The predicted octanol–water partition coefficient (Wildman–Crippen LogP) is 1.54. The molecule has 1 aliphatic heterocycles. The van der Waals surface area contributed by atoms with E-state index in [1.54, 1.807) is 13.2 Å². The summed E-state index contributed by atoms with van der Waals surface area (Å²) in [5.41, 5.74) is 1.08. The molecule has 7 nitrogen and oxygen atoms in total. The van der Waals surface area contributed by atoms with Crippen LogP contribution in [0.4, 0.5) is 0 Å². The maximum atomic E-state index is 5.91. The molecule has 2 heterocycles. The van der Waals surface area contributed by atoms with Gasteiger partial charge in [0.2, 0.25) is 0 Å². The number of benzene rings is 1. The third kappa shape index (κ3) is 4.53. The Kier molecular flexibility index (Phi) is 6.71. The Morgan fingerprint density at radius 2 is 2.08 bits per heavy atom. The van der Waals surface area contributed by atoms with Gasteiger partial charge in [0.25, 0.3) is 0 Å².